The van der Waals surface area contributed by atoms with E-state index in [2.05, 4.69) is 5.32 Å². The highest BCUT2D eigenvalue weighted by Gasteiger charge is 2.32. The zero-order valence-corrected chi connectivity index (χ0v) is 17.1. The first-order chi connectivity index (χ1) is 13.7. The molecule has 4 nitrogen and oxygen atoms in total. The van der Waals surface area contributed by atoms with Gasteiger partial charge in [-0.25, -0.2) is 0 Å². The van der Waals surface area contributed by atoms with Crippen molar-refractivity contribution in [3.63, 3.8) is 0 Å². The number of methoxy groups -OCH3 is 1. The van der Waals surface area contributed by atoms with Crippen LogP contribution in [0.5, 0.6) is 5.75 Å². The summed E-state index contributed by atoms with van der Waals surface area (Å²) in [5.74, 6) is -0.566. The maximum atomic E-state index is 13.2. The van der Waals surface area contributed by atoms with Crippen molar-refractivity contribution in [2.45, 2.75) is 25.4 Å². The van der Waals surface area contributed by atoms with Gasteiger partial charge in [-0.3, -0.25) is 4.79 Å². The lowest BCUT2D eigenvalue weighted by atomic mass is 10.1. The van der Waals surface area contributed by atoms with Gasteiger partial charge in [0, 0.05) is 18.1 Å². The lowest BCUT2D eigenvalue weighted by Gasteiger charge is -2.31. The Morgan fingerprint density at radius 2 is 1.79 bits per heavy atom. The Kier molecular flexibility index (Phi) is 6.49. The Hall–Kier alpha value is -2.12. The molecule has 0 saturated carbocycles. The number of nitrogens with zero attached hydrogens (tertiary/aromatic N) is 1. The normalized spacial score (nSPS) is 14.6. The van der Waals surface area contributed by atoms with Crippen molar-refractivity contribution < 1.29 is 22.7 Å². The van der Waals surface area contributed by atoms with E-state index >= 15 is 0 Å². The Labute approximate surface area is 176 Å². The fourth-order valence-corrected chi connectivity index (χ4v) is 3.92. The first kappa shape index (κ1) is 21.6. The summed E-state index contributed by atoms with van der Waals surface area (Å²) in [7, 11) is 1.34. The molecule has 0 spiro atoms. The Morgan fingerprint density at radius 1 is 1.10 bits per heavy atom. The zero-order chi connectivity index (χ0) is 21.2. The van der Waals surface area contributed by atoms with Gasteiger partial charge in [-0.15, -0.1) is 0 Å². The molecule has 0 aromatic heterocycles. The number of halogens is 5. The van der Waals surface area contributed by atoms with Gasteiger partial charge in [0.05, 0.1) is 34.6 Å². The lowest BCUT2D eigenvalue weighted by molar-refractivity contribution is -0.137. The van der Waals surface area contributed by atoms with Crippen LogP contribution in [-0.2, 0) is 6.18 Å². The van der Waals surface area contributed by atoms with Crippen LogP contribution in [0.1, 0.15) is 35.2 Å². The Bertz CT molecular complexity index is 913. The van der Waals surface area contributed by atoms with Crippen molar-refractivity contribution in [3.8, 4) is 5.75 Å². The van der Waals surface area contributed by atoms with E-state index < -0.39 is 17.6 Å². The van der Waals surface area contributed by atoms with Crippen LogP contribution in [0.3, 0.4) is 0 Å². The number of rotatable bonds is 4. The molecule has 9 heteroatoms. The molecule has 0 aliphatic carbocycles. The van der Waals surface area contributed by atoms with Crippen molar-refractivity contribution in [3.05, 3.63) is 51.5 Å². The minimum Gasteiger partial charge on any atom is -0.494 e. The summed E-state index contributed by atoms with van der Waals surface area (Å²) >= 11 is 12.1. The number of benzene rings is 2. The number of alkyl halides is 3. The second-order valence-electron chi connectivity index (χ2n) is 6.70. The molecule has 156 valence electrons. The molecule has 2 aromatic rings. The number of amides is 1. The number of piperidine rings is 1. The molecule has 3 rings (SSSR count). The van der Waals surface area contributed by atoms with Crippen LogP contribution < -0.4 is 15.0 Å². The predicted octanol–water partition coefficient (Wildman–Crippen LogP) is 6.26. The molecule has 1 heterocycles. The predicted molar refractivity (Wildman–Crippen MR) is 108 cm³/mol. The first-order valence-electron chi connectivity index (χ1n) is 9.01. The highest BCUT2D eigenvalue weighted by molar-refractivity contribution is 6.36. The van der Waals surface area contributed by atoms with Crippen LogP contribution >= 0.6 is 23.2 Å². The molecule has 29 heavy (non-hydrogen) atoms. The highest BCUT2D eigenvalue weighted by Crippen LogP contribution is 2.38. The van der Waals surface area contributed by atoms with E-state index in [0.717, 1.165) is 31.4 Å². The highest BCUT2D eigenvalue weighted by atomic mass is 35.5. The molecule has 1 amide bonds. The SMILES string of the molecule is COc1c(Cl)cc(Cl)cc1C(=O)Nc1cc(C(F)(F)F)ccc1N1CCCCC1. The Morgan fingerprint density at radius 3 is 2.41 bits per heavy atom. The van der Waals surface area contributed by atoms with Gasteiger partial charge >= 0.3 is 6.18 Å². The van der Waals surface area contributed by atoms with Gasteiger partial charge in [0.15, 0.2) is 0 Å². The number of hydrogen-bond acceptors (Lipinski definition) is 3. The maximum absolute atomic E-state index is 13.2. The van der Waals surface area contributed by atoms with Crippen LogP contribution in [0.2, 0.25) is 10.0 Å². The Balaban J connectivity index is 2.01. The fourth-order valence-electron chi connectivity index (χ4n) is 3.35. The molecular formula is C20H19Cl2F3N2O2. The van der Waals surface area contributed by atoms with Crippen LogP contribution in [0.4, 0.5) is 24.5 Å². The van der Waals surface area contributed by atoms with Crippen LogP contribution in [0, 0.1) is 0 Å². The largest absolute Gasteiger partial charge is 0.494 e. The van der Waals surface area contributed by atoms with Crippen LogP contribution in [0.25, 0.3) is 0 Å². The van der Waals surface area contributed by atoms with Crippen molar-refractivity contribution in [1.29, 1.82) is 0 Å². The zero-order valence-electron chi connectivity index (χ0n) is 15.6. The van der Waals surface area contributed by atoms with Gasteiger partial charge in [-0.2, -0.15) is 13.2 Å². The van der Waals surface area contributed by atoms with E-state index in [9.17, 15) is 18.0 Å². The summed E-state index contributed by atoms with van der Waals surface area (Å²) in [6.45, 7) is 1.42. The number of hydrogen-bond donors (Lipinski definition) is 1. The average molecular weight is 447 g/mol. The summed E-state index contributed by atoms with van der Waals surface area (Å²) in [4.78, 5) is 14.9. The fraction of sp³-hybridized carbons (Fsp3) is 0.350. The molecule has 1 N–H and O–H groups in total. The van der Waals surface area contributed by atoms with Gasteiger partial charge in [0.2, 0.25) is 0 Å². The molecular weight excluding hydrogens is 428 g/mol. The quantitative estimate of drug-likeness (QED) is 0.601. The number of carbonyl (C=O) groups excluding carboxylic acids is 1. The maximum Gasteiger partial charge on any atom is 0.416 e. The van der Waals surface area contributed by atoms with Crippen molar-refractivity contribution in [1.82, 2.24) is 0 Å². The van der Waals surface area contributed by atoms with Crippen molar-refractivity contribution in [2.75, 3.05) is 30.4 Å². The molecule has 1 aliphatic heterocycles. The molecule has 2 aromatic carbocycles. The molecule has 1 saturated heterocycles. The number of anilines is 2. The van der Waals surface area contributed by atoms with E-state index in [1.54, 1.807) is 0 Å². The van der Waals surface area contributed by atoms with E-state index in [0.29, 0.717) is 18.8 Å². The average Bonchev–Trinajstić information content (AvgIpc) is 2.67. The third kappa shape index (κ3) is 4.90. The summed E-state index contributed by atoms with van der Waals surface area (Å²) < 4.78 is 44.9. The minimum atomic E-state index is -4.53. The summed E-state index contributed by atoms with van der Waals surface area (Å²) in [5, 5.41) is 2.93. The minimum absolute atomic E-state index is 0.0343. The van der Waals surface area contributed by atoms with Gasteiger partial charge < -0.3 is 15.0 Å². The summed E-state index contributed by atoms with van der Waals surface area (Å²) in [5.41, 5.74) is -0.195. The molecule has 0 bridgehead atoms. The standard InChI is InChI=1S/C20H19Cl2F3N2O2/c1-29-18-14(10-13(21)11-15(18)22)19(28)26-16-9-12(20(23,24)25)5-6-17(16)27-7-3-2-4-8-27/h5-6,9-11H,2-4,7-8H2,1H3,(H,26,28). The van der Waals surface area contributed by atoms with E-state index in [1.807, 2.05) is 4.90 Å². The van der Waals surface area contributed by atoms with Crippen LogP contribution in [0.15, 0.2) is 30.3 Å². The second-order valence-corrected chi connectivity index (χ2v) is 7.54. The van der Waals surface area contributed by atoms with E-state index in [1.165, 1.54) is 25.3 Å². The molecule has 0 radical (unpaired) electrons. The topological polar surface area (TPSA) is 41.6 Å². The first-order valence-corrected chi connectivity index (χ1v) is 9.77. The molecule has 0 atom stereocenters. The number of nitrogens with one attached hydrogen (secondary N) is 1. The molecule has 0 unspecified atom stereocenters. The van der Waals surface area contributed by atoms with Crippen molar-refractivity contribution in [2.24, 2.45) is 0 Å². The van der Waals surface area contributed by atoms with Crippen LogP contribution in [-0.4, -0.2) is 26.1 Å². The monoisotopic (exact) mass is 446 g/mol. The van der Waals surface area contributed by atoms with E-state index in [-0.39, 0.29) is 27.0 Å². The van der Waals surface area contributed by atoms with Gasteiger partial charge in [0.25, 0.3) is 5.91 Å². The van der Waals surface area contributed by atoms with Gasteiger partial charge in [-0.05, 0) is 49.6 Å². The van der Waals surface area contributed by atoms with Gasteiger partial charge in [0.1, 0.15) is 5.75 Å². The molecule has 1 fully saturated rings. The second kappa shape index (κ2) is 8.71. The third-order valence-corrected chi connectivity index (χ3v) is 5.22. The van der Waals surface area contributed by atoms with Crippen molar-refractivity contribution >= 4 is 40.5 Å². The third-order valence-electron chi connectivity index (χ3n) is 4.73. The summed E-state index contributed by atoms with van der Waals surface area (Å²) in [6, 6.07) is 6.14. The number of ether oxygens (including phenoxy) is 1. The summed E-state index contributed by atoms with van der Waals surface area (Å²) in [6.07, 6.45) is -1.59. The van der Waals surface area contributed by atoms with E-state index in [4.69, 9.17) is 27.9 Å². The van der Waals surface area contributed by atoms with Gasteiger partial charge in [-0.1, -0.05) is 23.2 Å². The molecule has 1 aliphatic rings. The number of carbonyl (C=O) groups is 1. The lowest BCUT2D eigenvalue weighted by Crippen LogP contribution is -2.30. The smallest absolute Gasteiger partial charge is 0.416 e.